The number of hydrogen-bond acceptors (Lipinski definition) is 4. The van der Waals surface area contributed by atoms with Gasteiger partial charge >= 0.3 is 5.97 Å². The van der Waals surface area contributed by atoms with Crippen LogP contribution in [0.2, 0.25) is 0 Å². The number of rotatable bonds is 10. The largest absolute Gasteiger partial charge is 0.481 e. The standard InChI is InChI=1S/C19H22N2O4S/c22-17(10-11-20-19(25)16-7-4-12-26-16)21-15(8-9-18(23)24)13-14-5-2-1-3-6-14/h1-7,12,15H,8-11,13H2,(H,20,25)(H,21,22)(H,23,24). The van der Waals surface area contributed by atoms with Gasteiger partial charge in [0.25, 0.3) is 5.91 Å². The minimum absolute atomic E-state index is 0.00705. The average Bonchev–Trinajstić information content (AvgIpc) is 3.15. The van der Waals surface area contributed by atoms with Crippen LogP contribution in [-0.4, -0.2) is 35.5 Å². The Morgan fingerprint density at radius 2 is 1.81 bits per heavy atom. The van der Waals surface area contributed by atoms with Crippen molar-refractivity contribution in [3.8, 4) is 0 Å². The maximum absolute atomic E-state index is 12.1. The lowest BCUT2D eigenvalue weighted by Crippen LogP contribution is -2.38. The number of benzene rings is 1. The lowest BCUT2D eigenvalue weighted by atomic mass is 10.0. The van der Waals surface area contributed by atoms with E-state index in [1.807, 2.05) is 35.7 Å². The van der Waals surface area contributed by atoms with E-state index in [1.54, 1.807) is 12.1 Å². The summed E-state index contributed by atoms with van der Waals surface area (Å²) >= 11 is 1.34. The molecule has 0 fully saturated rings. The molecule has 0 saturated heterocycles. The Morgan fingerprint density at radius 1 is 1.04 bits per heavy atom. The summed E-state index contributed by atoms with van der Waals surface area (Å²) in [6, 6.07) is 12.9. The summed E-state index contributed by atoms with van der Waals surface area (Å²) < 4.78 is 0. The number of thiophene rings is 1. The molecule has 1 atom stereocenters. The number of carbonyl (C=O) groups excluding carboxylic acids is 2. The van der Waals surface area contributed by atoms with E-state index in [0.717, 1.165) is 5.56 Å². The van der Waals surface area contributed by atoms with E-state index in [-0.39, 0.29) is 37.2 Å². The number of carboxylic acid groups (broad SMARTS) is 1. The predicted octanol–water partition coefficient (Wildman–Crippen LogP) is 2.46. The summed E-state index contributed by atoms with van der Waals surface area (Å²) in [5, 5.41) is 16.3. The normalized spacial score (nSPS) is 11.5. The van der Waals surface area contributed by atoms with Crippen molar-refractivity contribution in [2.24, 2.45) is 0 Å². The Labute approximate surface area is 156 Å². The molecule has 0 spiro atoms. The fourth-order valence-electron chi connectivity index (χ4n) is 2.51. The molecule has 6 nitrogen and oxygen atoms in total. The van der Waals surface area contributed by atoms with E-state index in [2.05, 4.69) is 10.6 Å². The molecule has 26 heavy (non-hydrogen) atoms. The van der Waals surface area contributed by atoms with E-state index < -0.39 is 5.97 Å². The summed E-state index contributed by atoms with van der Waals surface area (Å²) in [6.45, 7) is 0.236. The SMILES string of the molecule is O=C(O)CCC(Cc1ccccc1)NC(=O)CCNC(=O)c1cccs1. The van der Waals surface area contributed by atoms with Crippen LogP contribution in [-0.2, 0) is 16.0 Å². The monoisotopic (exact) mass is 374 g/mol. The van der Waals surface area contributed by atoms with Crippen LogP contribution in [0.1, 0.15) is 34.5 Å². The van der Waals surface area contributed by atoms with E-state index >= 15 is 0 Å². The molecule has 2 aromatic rings. The molecular weight excluding hydrogens is 352 g/mol. The molecule has 7 heteroatoms. The maximum Gasteiger partial charge on any atom is 0.303 e. The topological polar surface area (TPSA) is 95.5 Å². The molecule has 0 aliphatic rings. The number of aliphatic carboxylic acids is 1. The van der Waals surface area contributed by atoms with Crippen molar-refractivity contribution in [3.05, 3.63) is 58.3 Å². The van der Waals surface area contributed by atoms with Crippen molar-refractivity contribution in [2.45, 2.75) is 31.7 Å². The van der Waals surface area contributed by atoms with Gasteiger partial charge in [-0.1, -0.05) is 36.4 Å². The third-order valence-electron chi connectivity index (χ3n) is 3.78. The van der Waals surface area contributed by atoms with Gasteiger partial charge in [0.2, 0.25) is 5.91 Å². The zero-order valence-corrected chi connectivity index (χ0v) is 15.1. The van der Waals surface area contributed by atoms with Gasteiger partial charge in [-0.25, -0.2) is 0 Å². The maximum atomic E-state index is 12.1. The van der Waals surface area contributed by atoms with Crippen LogP contribution in [0.5, 0.6) is 0 Å². The van der Waals surface area contributed by atoms with Crippen molar-refractivity contribution >= 4 is 29.1 Å². The predicted molar refractivity (Wildman–Crippen MR) is 100 cm³/mol. The van der Waals surface area contributed by atoms with Crippen molar-refractivity contribution < 1.29 is 19.5 Å². The Kier molecular flexibility index (Phi) is 7.82. The molecule has 1 aromatic carbocycles. The molecule has 0 saturated carbocycles. The van der Waals surface area contributed by atoms with Crippen LogP contribution in [0.4, 0.5) is 0 Å². The molecule has 1 heterocycles. The second-order valence-electron chi connectivity index (χ2n) is 5.87. The van der Waals surface area contributed by atoms with E-state index in [0.29, 0.717) is 17.7 Å². The second-order valence-corrected chi connectivity index (χ2v) is 6.82. The summed E-state index contributed by atoms with van der Waals surface area (Å²) in [4.78, 5) is 35.4. The lowest BCUT2D eigenvalue weighted by Gasteiger charge is -2.18. The van der Waals surface area contributed by atoms with Gasteiger partial charge in [0.1, 0.15) is 0 Å². The molecule has 138 valence electrons. The number of carbonyl (C=O) groups is 3. The van der Waals surface area contributed by atoms with Crippen LogP contribution in [0.3, 0.4) is 0 Å². The average molecular weight is 374 g/mol. The zero-order chi connectivity index (χ0) is 18.8. The van der Waals surface area contributed by atoms with Gasteiger partial charge in [-0.2, -0.15) is 0 Å². The third kappa shape index (κ3) is 7.06. The first kappa shape index (κ1) is 19.7. The summed E-state index contributed by atoms with van der Waals surface area (Å²) in [6.07, 6.45) is 1.07. The lowest BCUT2D eigenvalue weighted by molar-refractivity contribution is -0.137. The van der Waals surface area contributed by atoms with Gasteiger partial charge in [0.15, 0.2) is 0 Å². The molecular formula is C19H22N2O4S. The quantitative estimate of drug-likeness (QED) is 0.595. The highest BCUT2D eigenvalue weighted by Crippen LogP contribution is 2.09. The first-order valence-corrected chi connectivity index (χ1v) is 9.29. The van der Waals surface area contributed by atoms with Gasteiger partial charge in [-0.15, -0.1) is 11.3 Å². The Bertz CT molecular complexity index is 716. The molecule has 0 aliphatic heterocycles. The van der Waals surface area contributed by atoms with Crippen LogP contribution in [0, 0.1) is 0 Å². The summed E-state index contributed by atoms with van der Waals surface area (Å²) in [5.41, 5.74) is 1.04. The molecule has 0 radical (unpaired) electrons. The van der Waals surface area contributed by atoms with Crippen molar-refractivity contribution in [1.82, 2.24) is 10.6 Å². The number of nitrogens with one attached hydrogen (secondary N) is 2. The number of carboxylic acids is 1. The highest BCUT2D eigenvalue weighted by molar-refractivity contribution is 7.12. The van der Waals surface area contributed by atoms with Gasteiger partial charge in [0.05, 0.1) is 4.88 Å². The van der Waals surface area contributed by atoms with E-state index in [1.165, 1.54) is 11.3 Å². The number of amides is 2. The Hall–Kier alpha value is -2.67. The van der Waals surface area contributed by atoms with Crippen LogP contribution in [0.15, 0.2) is 47.8 Å². The van der Waals surface area contributed by atoms with Crippen LogP contribution in [0.25, 0.3) is 0 Å². The van der Waals surface area contributed by atoms with Gasteiger partial charge in [0, 0.05) is 25.4 Å². The third-order valence-corrected chi connectivity index (χ3v) is 4.65. The second kappa shape index (κ2) is 10.4. The van der Waals surface area contributed by atoms with Gasteiger partial charge < -0.3 is 15.7 Å². The van der Waals surface area contributed by atoms with Crippen LogP contribution >= 0.6 is 11.3 Å². The minimum Gasteiger partial charge on any atom is -0.481 e. The van der Waals surface area contributed by atoms with E-state index in [4.69, 9.17) is 5.11 Å². The van der Waals surface area contributed by atoms with Crippen molar-refractivity contribution in [1.29, 1.82) is 0 Å². The van der Waals surface area contributed by atoms with Gasteiger partial charge in [-0.05, 0) is 29.9 Å². The molecule has 0 aliphatic carbocycles. The summed E-state index contributed by atoms with van der Waals surface area (Å²) in [7, 11) is 0. The van der Waals surface area contributed by atoms with Crippen molar-refractivity contribution in [3.63, 3.8) is 0 Å². The first-order valence-electron chi connectivity index (χ1n) is 8.41. The van der Waals surface area contributed by atoms with E-state index in [9.17, 15) is 14.4 Å². The zero-order valence-electron chi connectivity index (χ0n) is 14.3. The molecule has 2 amide bonds. The molecule has 1 unspecified atom stereocenters. The summed E-state index contributed by atoms with van der Waals surface area (Å²) in [5.74, 6) is -1.29. The molecule has 1 aromatic heterocycles. The minimum atomic E-state index is -0.888. The fraction of sp³-hybridized carbons (Fsp3) is 0.316. The highest BCUT2D eigenvalue weighted by atomic mass is 32.1. The highest BCUT2D eigenvalue weighted by Gasteiger charge is 2.15. The first-order chi connectivity index (χ1) is 12.5. The molecule has 0 bridgehead atoms. The van der Waals surface area contributed by atoms with Gasteiger partial charge in [-0.3, -0.25) is 14.4 Å². The smallest absolute Gasteiger partial charge is 0.303 e. The molecule has 3 N–H and O–H groups in total. The fourth-order valence-corrected chi connectivity index (χ4v) is 3.15. The Morgan fingerprint density at radius 3 is 2.46 bits per heavy atom. The Balaban J connectivity index is 1.80. The molecule has 2 rings (SSSR count). The van der Waals surface area contributed by atoms with Crippen LogP contribution < -0.4 is 10.6 Å². The van der Waals surface area contributed by atoms with Crippen molar-refractivity contribution in [2.75, 3.05) is 6.54 Å². The number of hydrogen-bond donors (Lipinski definition) is 3.